The molecule has 0 saturated carbocycles. The van der Waals surface area contributed by atoms with Crippen molar-refractivity contribution in [3.8, 4) is 5.88 Å². The number of nitrogens with two attached hydrogens (primary N) is 2. The Morgan fingerprint density at radius 3 is 2.72 bits per heavy atom. The molecule has 1 unspecified atom stereocenters. The van der Waals surface area contributed by atoms with Gasteiger partial charge >= 0.3 is 0 Å². The lowest BCUT2D eigenvalue weighted by Gasteiger charge is -2.34. The van der Waals surface area contributed by atoms with Gasteiger partial charge < -0.3 is 21.5 Å². The largest absolute Gasteiger partial charge is 0.480 e. The molecule has 5 N–H and O–H groups in total. The summed E-state index contributed by atoms with van der Waals surface area (Å²) < 4.78 is 19.5. The molecule has 0 fully saturated rings. The van der Waals surface area contributed by atoms with Crippen molar-refractivity contribution in [3.63, 3.8) is 0 Å². The lowest BCUT2D eigenvalue weighted by Crippen LogP contribution is -2.47. The maximum atomic E-state index is 14.6. The van der Waals surface area contributed by atoms with Crippen molar-refractivity contribution >= 4 is 29.3 Å². The van der Waals surface area contributed by atoms with E-state index in [-0.39, 0.29) is 46.9 Å². The van der Waals surface area contributed by atoms with E-state index in [2.05, 4.69) is 20.3 Å². The van der Waals surface area contributed by atoms with Gasteiger partial charge in [-0.15, -0.1) is 0 Å². The van der Waals surface area contributed by atoms with Gasteiger partial charge in [0.05, 0.1) is 25.3 Å². The number of hydrogen-bond acceptors (Lipinski definition) is 8. The zero-order valence-corrected chi connectivity index (χ0v) is 16.1. The highest BCUT2D eigenvalue weighted by Gasteiger charge is 2.38. The minimum atomic E-state index is -1.21. The predicted octanol–water partition coefficient (Wildman–Crippen LogP) is 0.851. The topological polar surface area (TPSA) is 149 Å². The summed E-state index contributed by atoms with van der Waals surface area (Å²) in [5.74, 6) is -1.48. The fourth-order valence-corrected chi connectivity index (χ4v) is 2.93. The van der Waals surface area contributed by atoms with E-state index in [0.29, 0.717) is 0 Å². The maximum Gasteiger partial charge on any atom is 0.278 e. The van der Waals surface area contributed by atoms with Crippen molar-refractivity contribution in [1.82, 2.24) is 14.9 Å². The molecule has 2 heterocycles. The van der Waals surface area contributed by atoms with Crippen LogP contribution in [0.5, 0.6) is 5.88 Å². The Morgan fingerprint density at radius 1 is 1.38 bits per heavy atom. The van der Waals surface area contributed by atoms with E-state index in [1.165, 1.54) is 43.5 Å². The van der Waals surface area contributed by atoms with Crippen molar-refractivity contribution in [3.05, 3.63) is 41.5 Å². The van der Waals surface area contributed by atoms with Crippen molar-refractivity contribution in [1.29, 1.82) is 0 Å². The van der Waals surface area contributed by atoms with Gasteiger partial charge in [-0.1, -0.05) is 0 Å². The molecule has 1 aliphatic rings. The van der Waals surface area contributed by atoms with Crippen LogP contribution in [0.1, 0.15) is 29.4 Å². The van der Waals surface area contributed by atoms with Crippen molar-refractivity contribution in [2.75, 3.05) is 25.2 Å². The predicted molar refractivity (Wildman–Crippen MR) is 104 cm³/mol. The fourth-order valence-electron chi connectivity index (χ4n) is 2.93. The third-order valence-electron chi connectivity index (χ3n) is 4.58. The van der Waals surface area contributed by atoms with Crippen LogP contribution in [0.2, 0.25) is 0 Å². The standard InChI is InChI=1S/C18H20FN7O3/c1-18(7-13(27)26(2)17(21)25-18)10-6-9(4-5-11(10)19)23-16(28)14-15(20)24-12(29-3)8-22-14/h4-6,8H,7H2,1-3H3,(H2,20,24)(H2,21,25)(H,23,28). The number of methoxy groups -OCH3 is 1. The monoisotopic (exact) mass is 401 g/mol. The van der Waals surface area contributed by atoms with E-state index in [1.807, 2.05) is 0 Å². The van der Waals surface area contributed by atoms with E-state index < -0.39 is 17.3 Å². The number of anilines is 2. The molecule has 3 rings (SSSR count). The van der Waals surface area contributed by atoms with E-state index in [1.54, 1.807) is 6.92 Å². The SMILES string of the molecule is COc1cnc(C(=O)Nc2ccc(F)c(C3(C)CC(=O)N(C)C(N)=N3)c2)c(N)n1. The molecule has 0 radical (unpaired) electrons. The van der Waals surface area contributed by atoms with Gasteiger partial charge in [-0.2, -0.15) is 4.98 Å². The summed E-state index contributed by atoms with van der Waals surface area (Å²) in [6, 6.07) is 3.95. The zero-order chi connectivity index (χ0) is 21.3. The molecule has 11 heteroatoms. The van der Waals surface area contributed by atoms with Crippen LogP contribution in [0, 0.1) is 5.82 Å². The first-order valence-electron chi connectivity index (χ1n) is 8.54. The quantitative estimate of drug-likeness (QED) is 0.687. The summed E-state index contributed by atoms with van der Waals surface area (Å²) in [6.45, 7) is 1.60. The Kier molecular flexibility index (Phi) is 5.06. The second kappa shape index (κ2) is 7.34. The van der Waals surface area contributed by atoms with Gasteiger partial charge in [0.1, 0.15) is 5.82 Å². The summed E-state index contributed by atoms with van der Waals surface area (Å²) in [6.07, 6.45) is 1.18. The first-order valence-corrected chi connectivity index (χ1v) is 8.54. The molecular formula is C18H20FN7O3. The minimum absolute atomic E-state index is 0.0149. The molecule has 0 saturated heterocycles. The smallest absolute Gasteiger partial charge is 0.278 e. The van der Waals surface area contributed by atoms with Gasteiger partial charge in [-0.3, -0.25) is 14.5 Å². The average molecular weight is 401 g/mol. The second-order valence-electron chi connectivity index (χ2n) is 6.67. The number of hydrogen-bond donors (Lipinski definition) is 3. The number of nitrogen functional groups attached to an aromatic ring is 1. The molecule has 1 atom stereocenters. The molecule has 2 aromatic rings. The van der Waals surface area contributed by atoms with E-state index in [0.717, 1.165) is 0 Å². The molecule has 0 bridgehead atoms. The third-order valence-corrected chi connectivity index (χ3v) is 4.58. The normalized spacial score (nSPS) is 19.0. The van der Waals surface area contributed by atoms with Gasteiger partial charge in [-0.25, -0.2) is 14.4 Å². The number of carbonyl (C=O) groups is 2. The Labute approximate surface area is 165 Å². The zero-order valence-electron chi connectivity index (χ0n) is 16.1. The van der Waals surface area contributed by atoms with Gasteiger partial charge in [-0.05, 0) is 25.1 Å². The molecule has 1 aromatic heterocycles. The Balaban J connectivity index is 1.92. The van der Waals surface area contributed by atoms with Crippen LogP contribution in [0.3, 0.4) is 0 Å². The molecular weight excluding hydrogens is 381 g/mol. The minimum Gasteiger partial charge on any atom is -0.480 e. The summed E-state index contributed by atoms with van der Waals surface area (Å²) >= 11 is 0. The lowest BCUT2D eigenvalue weighted by molar-refractivity contribution is -0.128. The van der Waals surface area contributed by atoms with Crippen LogP contribution in [-0.4, -0.2) is 46.8 Å². The fraction of sp³-hybridized carbons (Fsp3) is 0.278. The number of carbonyl (C=O) groups excluding carboxylic acids is 2. The van der Waals surface area contributed by atoms with Gasteiger partial charge in [0.15, 0.2) is 17.5 Å². The van der Waals surface area contributed by atoms with Crippen molar-refractivity contribution in [2.24, 2.45) is 10.7 Å². The number of halogens is 1. The van der Waals surface area contributed by atoms with Crippen molar-refractivity contribution in [2.45, 2.75) is 18.9 Å². The van der Waals surface area contributed by atoms with Crippen LogP contribution >= 0.6 is 0 Å². The van der Waals surface area contributed by atoms with Crippen LogP contribution in [0.4, 0.5) is 15.9 Å². The average Bonchev–Trinajstić information content (AvgIpc) is 2.67. The maximum absolute atomic E-state index is 14.6. The van der Waals surface area contributed by atoms with Crippen LogP contribution in [0.25, 0.3) is 0 Å². The third kappa shape index (κ3) is 3.79. The number of nitrogens with one attached hydrogen (secondary N) is 1. The van der Waals surface area contributed by atoms with E-state index >= 15 is 0 Å². The number of aliphatic imine (C=N–C) groups is 1. The number of aromatic nitrogens is 2. The number of amides is 2. The molecule has 152 valence electrons. The highest BCUT2D eigenvalue weighted by atomic mass is 19.1. The second-order valence-corrected chi connectivity index (χ2v) is 6.67. The Bertz CT molecular complexity index is 1030. The number of rotatable bonds is 4. The van der Waals surface area contributed by atoms with Gasteiger partial charge in [0.2, 0.25) is 11.8 Å². The highest BCUT2D eigenvalue weighted by Crippen LogP contribution is 2.35. The summed E-state index contributed by atoms with van der Waals surface area (Å²) in [5.41, 5.74) is 10.6. The first-order chi connectivity index (χ1) is 13.6. The number of guanidine groups is 1. The Morgan fingerprint density at radius 2 is 2.10 bits per heavy atom. The number of nitrogens with zero attached hydrogens (tertiary/aromatic N) is 4. The van der Waals surface area contributed by atoms with E-state index in [9.17, 15) is 14.0 Å². The molecule has 0 aliphatic carbocycles. The molecule has 29 heavy (non-hydrogen) atoms. The molecule has 10 nitrogen and oxygen atoms in total. The van der Waals surface area contributed by atoms with E-state index in [4.69, 9.17) is 16.2 Å². The molecule has 2 amide bonds. The van der Waals surface area contributed by atoms with Crippen LogP contribution in [0.15, 0.2) is 29.4 Å². The Hall–Kier alpha value is -3.76. The molecule has 1 aliphatic heterocycles. The van der Waals surface area contributed by atoms with Crippen LogP contribution in [-0.2, 0) is 10.3 Å². The number of benzene rings is 1. The van der Waals surface area contributed by atoms with Gasteiger partial charge in [0.25, 0.3) is 5.91 Å². The highest BCUT2D eigenvalue weighted by molar-refractivity contribution is 6.05. The summed E-state index contributed by atoms with van der Waals surface area (Å²) in [7, 11) is 2.89. The summed E-state index contributed by atoms with van der Waals surface area (Å²) in [5, 5.41) is 2.59. The molecule has 1 aromatic carbocycles. The van der Waals surface area contributed by atoms with Crippen molar-refractivity contribution < 1.29 is 18.7 Å². The van der Waals surface area contributed by atoms with Crippen LogP contribution < -0.4 is 21.5 Å². The molecule has 0 spiro atoms. The summed E-state index contributed by atoms with van der Waals surface area (Å²) in [4.78, 5) is 38.0. The lowest BCUT2D eigenvalue weighted by atomic mass is 9.87. The number of ether oxygens (including phenoxy) is 1. The first kappa shape index (κ1) is 20.0. The van der Waals surface area contributed by atoms with Gasteiger partial charge in [0, 0.05) is 18.3 Å².